The van der Waals surface area contributed by atoms with Gasteiger partial charge in [-0.25, -0.2) is 9.97 Å². The number of para-hydroxylation sites is 1. The Morgan fingerprint density at radius 2 is 1.95 bits per heavy atom. The van der Waals surface area contributed by atoms with Crippen LogP contribution in [0.5, 0.6) is 0 Å². The van der Waals surface area contributed by atoms with Gasteiger partial charge >= 0.3 is 0 Å². The van der Waals surface area contributed by atoms with E-state index in [-0.39, 0.29) is 0 Å². The third-order valence-corrected chi connectivity index (χ3v) is 3.11. The zero-order valence-electron chi connectivity index (χ0n) is 10.3. The molecular weight excluding hydrogens is 304 g/mol. The lowest BCUT2D eigenvalue weighted by Gasteiger charge is -2.09. The van der Waals surface area contributed by atoms with Crippen LogP contribution >= 0.6 is 15.9 Å². The van der Waals surface area contributed by atoms with E-state index in [9.17, 15) is 0 Å². The summed E-state index contributed by atoms with van der Waals surface area (Å²) in [6.07, 6.45) is 1.79. The summed E-state index contributed by atoms with van der Waals surface area (Å²) in [6, 6.07) is 11.8. The average molecular weight is 315 g/mol. The molecule has 0 saturated carbocycles. The predicted octanol–water partition coefficient (Wildman–Crippen LogP) is 3.84. The lowest BCUT2D eigenvalue weighted by molar-refractivity contribution is 1.04. The van der Waals surface area contributed by atoms with E-state index in [1.165, 1.54) is 0 Å². The fourth-order valence-electron chi connectivity index (χ4n) is 1.94. The maximum Gasteiger partial charge on any atom is 0.135 e. The molecule has 1 N–H and O–H groups in total. The Bertz CT molecular complexity index is 717. The van der Waals surface area contributed by atoms with Crippen LogP contribution in [0.3, 0.4) is 0 Å². The number of anilines is 2. The summed E-state index contributed by atoms with van der Waals surface area (Å²) < 4.78 is 0.760. The van der Waals surface area contributed by atoms with Gasteiger partial charge in [-0.15, -0.1) is 0 Å². The number of halogens is 1. The molecule has 0 amide bonds. The van der Waals surface area contributed by atoms with E-state index in [1.54, 1.807) is 6.20 Å². The summed E-state index contributed by atoms with van der Waals surface area (Å²) in [5.41, 5.74) is 1.86. The van der Waals surface area contributed by atoms with Gasteiger partial charge in [-0.3, -0.25) is 4.98 Å². The lowest BCUT2D eigenvalue weighted by atomic mass is 10.2. The molecule has 0 saturated heterocycles. The quantitative estimate of drug-likeness (QED) is 0.730. The van der Waals surface area contributed by atoms with Gasteiger partial charge in [-0.05, 0) is 35.0 Å². The lowest BCUT2D eigenvalue weighted by Crippen LogP contribution is -1.98. The molecule has 0 unspecified atom stereocenters. The summed E-state index contributed by atoms with van der Waals surface area (Å²) in [4.78, 5) is 12.9. The minimum atomic E-state index is 0.713. The van der Waals surface area contributed by atoms with Gasteiger partial charge in [0, 0.05) is 17.6 Å². The van der Waals surface area contributed by atoms with Crippen LogP contribution in [0.25, 0.3) is 10.9 Å². The molecule has 3 aromatic rings. The molecule has 0 aliphatic rings. The molecule has 5 heteroatoms. The SMILES string of the molecule is Cc1nc(Br)cc(Nc2cccc3cccnc23)n1. The highest BCUT2D eigenvalue weighted by atomic mass is 79.9. The van der Waals surface area contributed by atoms with Gasteiger partial charge in [0.1, 0.15) is 16.2 Å². The molecule has 0 aliphatic carbocycles. The first-order chi connectivity index (χ1) is 9.22. The van der Waals surface area contributed by atoms with Gasteiger partial charge in [0.05, 0.1) is 11.2 Å². The van der Waals surface area contributed by atoms with Crippen molar-refractivity contribution in [3.8, 4) is 0 Å². The molecule has 4 nitrogen and oxygen atoms in total. The molecule has 0 aliphatic heterocycles. The van der Waals surface area contributed by atoms with E-state index in [0.717, 1.165) is 27.0 Å². The highest BCUT2D eigenvalue weighted by molar-refractivity contribution is 9.10. The molecule has 0 atom stereocenters. The second kappa shape index (κ2) is 4.93. The Morgan fingerprint density at radius 3 is 2.79 bits per heavy atom. The molecule has 2 aromatic heterocycles. The molecule has 94 valence electrons. The highest BCUT2D eigenvalue weighted by Crippen LogP contribution is 2.24. The van der Waals surface area contributed by atoms with Gasteiger partial charge in [-0.2, -0.15) is 0 Å². The first-order valence-corrected chi connectivity index (χ1v) is 6.63. The van der Waals surface area contributed by atoms with Crippen LogP contribution in [0, 0.1) is 6.92 Å². The van der Waals surface area contributed by atoms with E-state index >= 15 is 0 Å². The first-order valence-electron chi connectivity index (χ1n) is 5.84. The molecule has 1 aromatic carbocycles. The Labute approximate surface area is 119 Å². The van der Waals surface area contributed by atoms with Crippen LogP contribution in [0.4, 0.5) is 11.5 Å². The number of aromatic nitrogens is 3. The van der Waals surface area contributed by atoms with Crippen molar-refractivity contribution < 1.29 is 0 Å². The summed E-state index contributed by atoms with van der Waals surface area (Å²) >= 11 is 3.37. The normalized spacial score (nSPS) is 10.6. The number of hydrogen-bond acceptors (Lipinski definition) is 4. The van der Waals surface area contributed by atoms with Crippen molar-refractivity contribution >= 4 is 38.3 Å². The van der Waals surface area contributed by atoms with E-state index < -0.39 is 0 Å². The van der Waals surface area contributed by atoms with Gasteiger partial charge in [0.2, 0.25) is 0 Å². The second-order valence-electron chi connectivity index (χ2n) is 4.13. The largest absolute Gasteiger partial charge is 0.338 e. The second-order valence-corrected chi connectivity index (χ2v) is 4.94. The monoisotopic (exact) mass is 314 g/mol. The van der Waals surface area contributed by atoms with E-state index in [2.05, 4.69) is 36.2 Å². The molecule has 0 spiro atoms. The van der Waals surface area contributed by atoms with Crippen molar-refractivity contribution in [2.75, 3.05) is 5.32 Å². The minimum Gasteiger partial charge on any atom is -0.338 e. The fourth-order valence-corrected chi connectivity index (χ4v) is 2.41. The van der Waals surface area contributed by atoms with Gasteiger partial charge in [0.15, 0.2) is 0 Å². The number of aryl methyl sites for hydroxylation is 1. The van der Waals surface area contributed by atoms with Gasteiger partial charge in [-0.1, -0.05) is 18.2 Å². The van der Waals surface area contributed by atoms with E-state index in [0.29, 0.717) is 5.82 Å². The van der Waals surface area contributed by atoms with Crippen LogP contribution in [-0.2, 0) is 0 Å². The number of nitrogens with one attached hydrogen (secondary N) is 1. The standard InChI is InChI=1S/C14H11BrN4/c1-9-17-12(15)8-13(18-9)19-11-6-2-4-10-5-3-7-16-14(10)11/h2-8H,1H3,(H,17,18,19). The van der Waals surface area contributed by atoms with E-state index in [1.807, 2.05) is 43.3 Å². The number of nitrogens with zero attached hydrogens (tertiary/aromatic N) is 3. The predicted molar refractivity (Wildman–Crippen MR) is 79.5 cm³/mol. The third-order valence-electron chi connectivity index (χ3n) is 2.70. The summed E-state index contributed by atoms with van der Waals surface area (Å²) in [5, 5.41) is 4.38. The molecule has 0 bridgehead atoms. The van der Waals surface area contributed by atoms with Crippen molar-refractivity contribution in [1.82, 2.24) is 15.0 Å². The van der Waals surface area contributed by atoms with Gasteiger partial charge in [0.25, 0.3) is 0 Å². The molecule has 0 radical (unpaired) electrons. The molecular formula is C14H11BrN4. The van der Waals surface area contributed by atoms with Crippen LogP contribution < -0.4 is 5.32 Å². The minimum absolute atomic E-state index is 0.713. The Kier molecular flexibility index (Phi) is 3.13. The Morgan fingerprint density at radius 1 is 1.11 bits per heavy atom. The maximum atomic E-state index is 4.40. The van der Waals surface area contributed by atoms with E-state index in [4.69, 9.17) is 0 Å². The van der Waals surface area contributed by atoms with Crippen LogP contribution in [0.1, 0.15) is 5.82 Å². The number of fused-ring (bicyclic) bond motifs is 1. The van der Waals surface area contributed by atoms with Crippen LogP contribution in [-0.4, -0.2) is 15.0 Å². The topological polar surface area (TPSA) is 50.7 Å². The number of rotatable bonds is 2. The zero-order valence-corrected chi connectivity index (χ0v) is 11.8. The van der Waals surface area contributed by atoms with Crippen LogP contribution in [0.2, 0.25) is 0 Å². The Balaban J connectivity index is 2.05. The maximum absolute atomic E-state index is 4.40. The molecule has 3 rings (SSSR count). The molecule has 2 heterocycles. The van der Waals surface area contributed by atoms with Crippen molar-refractivity contribution in [3.63, 3.8) is 0 Å². The summed E-state index contributed by atoms with van der Waals surface area (Å²) in [7, 11) is 0. The number of benzene rings is 1. The molecule has 19 heavy (non-hydrogen) atoms. The third kappa shape index (κ3) is 2.56. The molecule has 0 fully saturated rings. The van der Waals surface area contributed by atoms with Crippen molar-refractivity contribution in [2.45, 2.75) is 6.92 Å². The fraction of sp³-hybridized carbons (Fsp3) is 0.0714. The van der Waals surface area contributed by atoms with Crippen molar-refractivity contribution in [3.05, 3.63) is 53.0 Å². The summed E-state index contributed by atoms with van der Waals surface area (Å²) in [6.45, 7) is 1.86. The smallest absolute Gasteiger partial charge is 0.135 e. The number of pyridine rings is 1. The van der Waals surface area contributed by atoms with Crippen molar-refractivity contribution in [1.29, 1.82) is 0 Å². The Hall–Kier alpha value is -2.01. The highest BCUT2D eigenvalue weighted by Gasteiger charge is 2.04. The van der Waals surface area contributed by atoms with Gasteiger partial charge < -0.3 is 5.32 Å². The summed E-state index contributed by atoms with van der Waals surface area (Å²) in [5.74, 6) is 1.46. The number of hydrogen-bond donors (Lipinski definition) is 1. The average Bonchev–Trinajstić information content (AvgIpc) is 2.38. The van der Waals surface area contributed by atoms with Crippen molar-refractivity contribution in [2.24, 2.45) is 0 Å². The first kappa shape index (κ1) is 12.0. The zero-order chi connectivity index (χ0) is 13.2. The van der Waals surface area contributed by atoms with Crippen LogP contribution in [0.15, 0.2) is 47.2 Å².